The molecule has 0 spiro atoms. The second-order valence-electron chi connectivity index (χ2n) is 5.37. The molecule has 2 rings (SSSR count). The molecule has 1 unspecified atom stereocenters. The maximum absolute atomic E-state index is 12.3. The summed E-state index contributed by atoms with van der Waals surface area (Å²) >= 11 is 1.17. The number of amides is 1. The van der Waals surface area contributed by atoms with Gasteiger partial charge in [0.1, 0.15) is 10.7 Å². The van der Waals surface area contributed by atoms with Crippen molar-refractivity contribution in [1.82, 2.24) is 10.3 Å². The van der Waals surface area contributed by atoms with E-state index in [4.69, 9.17) is 4.74 Å². The molecular formula is C15H15N3O6S. The SMILES string of the molecule is COCC(C)(NC(=O)c1csc(-c2ccc([N+](=O)[O-])cc2)n1)C(=O)O. The minimum Gasteiger partial charge on any atom is -0.479 e. The Balaban J connectivity index is 2.18. The van der Waals surface area contributed by atoms with Gasteiger partial charge in [-0.05, 0) is 19.1 Å². The minimum absolute atomic E-state index is 0.0462. The van der Waals surface area contributed by atoms with Gasteiger partial charge in [0, 0.05) is 30.2 Å². The number of methoxy groups -OCH3 is 1. The number of nitro groups is 1. The van der Waals surface area contributed by atoms with Crippen molar-refractivity contribution >= 4 is 28.9 Å². The van der Waals surface area contributed by atoms with Crippen LogP contribution in [0.5, 0.6) is 0 Å². The molecule has 1 amide bonds. The van der Waals surface area contributed by atoms with Crippen molar-refractivity contribution in [2.75, 3.05) is 13.7 Å². The van der Waals surface area contributed by atoms with Gasteiger partial charge in [0.25, 0.3) is 11.6 Å². The Kier molecular flexibility index (Phi) is 5.45. The fourth-order valence-electron chi connectivity index (χ4n) is 1.99. The smallest absolute Gasteiger partial charge is 0.331 e. The monoisotopic (exact) mass is 365 g/mol. The van der Waals surface area contributed by atoms with Crippen molar-refractivity contribution in [2.45, 2.75) is 12.5 Å². The number of rotatable bonds is 7. The summed E-state index contributed by atoms with van der Waals surface area (Å²) in [6.07, 6.45) is 0. The Morgan fingerprint density at radius 3 is 2.56 bits per heavy atom. The highest BCUT2D eigenvalue weighted by Crippen LogP contribution is 2.26. The number of nitro benzene ring substituents is 1. The van der Waals surface area contributed by atoms with Crippen LogP contribution in [-0.4, -0.2) is 46.1 Å². The molecule has 0 saturated carbocycles. The third-order valence-corrected chi connectivity index (χ3v) is 4.25. The van der Waals surface area contributed by atoms with Gasteiger partial charge in [-0.15, -0.1) is 11.3 Å². The fourth-order valence-corrected chi connectivity index (χ4v) is 2.80. The molecule has 0 aliphatic rings. The number of carboxylic acids is 1. The maximum Gasteiger partial charge on any atom is 0.331 e. The lowest BCUT2D eigenvalue weighted by atomic mass is 10.0. The van der Waals surface area contributed by atoms with Crippen LogP contribution in [0.4, 0.5) is 5.69 Å². The number of hydrogen-bond donors (Lipinski definition) is 2. The topological polar surface area (TPSA) is 132 Å². The Labute approximate surface area is 146 Å². The molecule has 9 nitrogen and oxygen atoms in total. The number of aliphatic carboxylic acids is 1. The number of nitrogens with zero attached hydrogens (tertiary/aromatic N) is 2. The molecule has 0 radical (unpaired) electrons. The average molecular weight is 365 g/mol. The molecule has 132 valence electrons. The average Bonchev–Trinajstić information content (AvgIpc) is 3.05. The van der Waals surface area contributed by atoms with Gasteiger partial charge in [-0.1, -0.05) is 0 Å². The van der Waals surface area contributed by atoms with Crippen LogP contribution >= 0.6 is 11.3 Å². The molecule has 0 saturated heterocycles. The van der Waals surface area contributed by atoms with E-state index >= 15 is 0 Å². The number of carbonyl (C=O) groups is 2. The highest BCUT2D eigenvalue weighted by Gasteiger charge is 2.35. The molecular weight excluding hydrogens is 350 g/mol. The lowest BCUT2D eigenvalue weighted by Gasteiger charge is -2.24. The van der Waals surface area contributed by atoms with Gasteiger partial charge in [0.05, 0.1) is 11.5 Å². The summed E-state index contributed by atoms with van der Waals surface area (Å²) in [5, 5.41) is 24.3. The molecule has 0 bridgehead atoms. The van der Waals surface area contributed by atoms with Crippen LogP contribution in [0.2, 0.25) is 0 Å². The van der Waals surface area contributed by atoms with Gasteiger partial charge in [0.2, 0.25) is 0 Å². The lowest BCUT2D eigenvalue weighted by Crippen LogP contribution is -2.55. The van der Waals surface area contributed by atoms with Crippen LogP contribution in [-0.2, 0) is 9.53 Å². The first-order chi connectivity index (χ1) is 11.8. The first kappa shape index (κ1) is 18.5. The van der Waals surface area contributed by atoms with Gasteiger partial charge in [-0.25, -0.2) is 9.78 Å². The number of carboxylic acid groups (broad SMARTS) is 1. The van der Waals surface area contributed by atoms with Crippen LogP contribution < -0.4 is 5.32 Å². The zero-order chi connectivity index (χ0) is 18.6. The van der Waals surface area contributed by atoms with Gasteiger partial charge in [0.15, 0.2) is 5.54 Å². The number of carbonyl (C=O) groups excluding carboxylic acids is 1. The molecule has 0 aliphatic heterocycles. The van der Waals surface area contributed by atoms with Gasteiger partial charge >= 0.3 is 5.97 Å². The molecule has 2 aromatic rings. The normalized spacial score (nSPS) is 13.0. The standard InChI is InChI=1S/C15H15N3O6S/c1-15(8-24-2,14(20)21)17-12(19)11-7-25-13(16-11)9-3-5-10(6-4-9)18(22)23/h3-7H,8H2,1-2H3,(H,17,19)(H,20,21). The van der Waals surface area contributed by atoms with Crippen LogP contribution in [0.3, 0.4) is 0 Å². The zero-order valence-electron chi connectivity index (χ0n) is 13.4. The highest BCUT2D eigenvalue weighted by molar-refractivity contribution is 7.13. The third-order valence-electron chi connectivity index (χ3n) is 3.36. The maximum atomic E-state index is 12.3. The van der Waals surface area contributed by atoms with E-state index in [1.807, 2.05) is 0 Å². The Bertz CT molecular complexity index is 804. The fraction of sp³-hybridized carbons (Fsp3) is 0.267. The van der Waals surface area contributed by atoms with E-state index in [0.29, 0.717) is 10.6 Å². The Morgan fingerprint density at radius 1 is 1.40 bits per heavy atom. The zero-order valence-corrected chi connectivity index (χ0v) is 14.2. The summed E-state index contributed by atoms with van der Waals surface area (Å²) in [7, 11) is 1.34. The first-order valence-electron chi connectivity index (χ1n) is 7.02. The molecule has 25 heavy (non-hydrogen) atoms. The number of thiazole rings is 1. The van der Waals surface area contributed by atoms with Crippen LogP contribution in [0.15, 0.2) is 29.6 Å². The van der Waals surface area contributed by atoms with E-state index in [-0.39, 0.29) is 18.0 Å². The number of non-ortho nitro benzene ring substituents is 1. The quantitative estimate of drug-likeness (QED) is 0.566. The second kappa shape index (κ2) is 7.36. The van der Waals surface area contributed by atoms with Gasteiger partial charge in [-0.2, -0.15) is 0 Å². The third kappa shape index (κ3) is 4.17. The predicted molar refractivity (Wildman–Crippen MR) is 89.6 cm³/mol. The molecule has 10 heteroatoms. The van der Waals surface area contributed by atoms with Gasteiger partial charge in [-0.3, -0.25) is 14.9 Å². The van der Waals surface area contributed by atoms with Crippen molar-refractivity contribution < 1.29 is 24.4 Å². The molecule has 1 atom stereocenters. The van der Waals surface area contributed by atoms with E-state index in [9.17, 15) is 24.8 Å². The largest absolute Gasteiger partial charge is 0.479 e. The predicted octanol–water partition coefficient (Wildman–Crippen LogP) is 1.94. The van der Waals surface area contributed by atoms with Crippen molar-refractivity contribution in [3.63, 3.8) is 0 Å². The van der Waals surface area contributed by atoms with E-state index < -0.39 is 22.3 Å². The molecule has 0 fully saturated rings. The van der Waals surface area contributed by atoms with Crippen LogP contribution in [0, 0.1) is 10.1 Å². The molecule has 1 aromatic heterocycles. The van der Waals surface area contributed by atoms with Gasteiger partial charge < -0.3 is 15.2 Å². The van der Waals surface area contributed by atoms with E-state index in [2.05, 4.69) is 10.3 Å². The number of nitrogens with one attached hydrogen (secondary N) is 1. The first-order valence-corrected chi connectivity index (χ1v) is 7.90. The lowest BCUT2D eigenvalue weighted by molar-refractivity contribution is -0.384. The molecule has 2 N–H and O–H groups in total. The summed E-state index contributed by atoms with van der Waals surface area (Å²) < 4.78 is 4.84. The summed E-state index contributed by atoms with van der Waals surface area (Å²) in [6.45, 7) is 1.13. The van der Waals surface area contributed by atoms with Crippen molar-refractivity contribution in [3.05, 3.63) is 45.5 Å². The molecule has 0 aliphatic carbocycles. The van der Waals surface area contributed by atoms with E-state index in [1.165, 1.54) is 55.0 Å². The number of benzene rings is 1. The van der Waals surface area contributed by atoms with Crippen molar-refractivity contribution in [2.24, 2.45) is 0 Å². The number of hydrogen-bond acceptors (Lipinski definition) is 7. The van der Waals surface area contributed by atoms with Crippen molar-refractivity contribution in [3.8, 4) is 10.6 Å². The van der Waals surface area contributed by atoms with Crippen molar-refractivity contribution in [1.29, 1.82) is 0 Å². The molecule has 1 aromatic carbocycles. The van der Waals surface area contributed by atoms with Crippen LogP contribution in [0.25, 0.3) is 10.6 Å². The summed E-state index contributed by atoms with van der Waals surface area (Å²) in [4.78, 5) is 37.9. The Hall–Kier alpha value is -2.85. The van der Waals surface area contributed by atoms with E-state index in [0.717, 1.165) is 0 Å². The highest BCUT2D eigenvalue weighted by atomic mass is 32.1. The number of aromatic nitrogens is 1. The summed E-state index contributed by atoms with van der Waals surface area (Å²) in [6, 6.07) is 5.75. The minimum atomic E-state index is -1.58. The Morgan fingerprint density at radius 2 is 2.04 bits per heavy atom. The molecule has 1 heterocycles. The summed E-state index contributed by atoms with van der Waals surface area (Å²) in [5.74, 6) is -1.88. The van der Waals surface area contributed by atoms with Crippen LogP contribution in [0.1, 0.15) is 17.4 Å². The summed E-state index contributed by atoms with van der Waals surface area (Å²) in [5.41, 5.74) is -0.951. The number of ether oxygens (including phenoxy) is 1. The second-order valence-corrected chi connectivity index (χ2v) is 6.22. The van der Waals surface area contributed by atoms with E-state index in [1.54, 1.807) is 0 Å².